The van der Waals surface area contributed by atoms with Crippen molar-refractivity contribution in [3.8, 4) is 0 Å². The molecule has 1 aliphatic carbocycles. The summed E-state index contributed by atoms with van der Waals surface area (Å²) in [5, 5.41) is 9.54. The number of anilines is 1. The number of aryl methyl sites for hydroxylation is 1. The molecule has 3 fully saturated rings. The van der Waals surface area contributed by atoms with Crippen LogP contribution < -0.4 is 16.1 Å². The minimum Gasteiger partial charge on any atom is -0.477 e. The van der Waals surface area contributed by atoms with Gasteiger partial charge in [-0.25, -0.2) is 9.18 Å². The van der Waals surface area contributed by atoms with Crippen molar-refractivity contribution in [1.29, 1.82) is 0 Å². The van der Waals surface area contributed by atoms with E-state index in [0.717, 1.165) is 25.7 Å². The van der Waals surface area contributed by atoms with Gasteiger partial charge in [0.2, 0.25) is 5.43 Å². The van der Waals surface area contributed by atoms with Gasteiger partial charge in [-0.3, -0.25) is 4.79 Å². The molecule has 3 N–H and O–H groups in total. The van der Waals surface area contributed by atoms with E-state index in [9.17, 15) is 14.7 Å². The van der Waals surface area contributed by atoms with E-state index in [0.29, 0.717) is 36.5 Å². The maximum atomic E-state index is 15.3. The molecule has 29 heavy (non-hydrogen) atoms. The Balaban J connectivity index is 1.70. The third-order valence-corrected chi connectivity index (χ3v) is 6.65. The number of aromatic carboxylic acids is 1. The molecule has 8 heteroatoms. The van der Waals surface area contributed by atoms with E-state index in [4.69, 9.17) is 10.5 Å². The average Bonchev–Trinajstić information content (AvgIpc) is 3.32. The van der Waals surface area contributed by atoms with Gasteiger partial charge >= 0.3 is 5.97 Å². The zero-order valence-corrected chi connectivity index (χ0v) is 16.3. The second kappa shape index (κ2) is 6.27. The topological polar surface area (TPSA) is 97.8 Å². The lowest BCUT2D eigenvalue weighted by molar-refractivity contribution is 0.0108. The zero-order valence-electron chi connectivity index (χ0n) is 16.3. The highest BCUT2D eigenvalue weighted by molar-refractivity contribution is 5.95. The number of benzene rings is 1. The molecule has 0 radical (unpaired) electrons. The van der Waals surface area contributed by atoms with Gasteiger partial charge in [0.15, 0.2) is 0 Å². The smallest absolute Gasteiger partial charge is 0.341 e. The Kier molecular flexibility index (Phi) is 4.02. The summed E-state index contributed by atoms with van der Waals surface area (Å²) >= 11 is 0. The lowest BCUT2D eigenvalue weighted by Gasteiger charge is -2.27. The normalized spacial score (nSPS) is 26.7. The van der Waals surface area contributed by atoms with E-state index in [1.54, 1.807) is 6.92 Å². The van der Waals surface area contributed by atoms with Gasteiger partial charge in [0.25, 0.3) is 0 Å². The van der Waals surface area contributed by atoms with Gasteiger partial charge in [-0.1, -0.05) is 0 Å². The fraction of sp³-hybridized carbons (Fsp3) is 0.524. The van der Waals surface area contributed by atoms with Crippen LogP contribution in [-0.2, 0) is 4.74 Å². The number of nitrogens with two attached hydrogens (primary N) is 1. The zero-order chi connectivity index (χ0) is 20.5. The van der Waals surface area contributed by atoms with Crippen LogP contribution in [0.5, 0.6) is 0 Å². The molecule has 2 aromatic rings. The highest BCUT2D eigenvalue weighted by atomic mass is 19.1. The number of carboxylic acid groups (broad SMARTS) is 1. The summed E-state index contributed by atoms with van der Waals surface area (Å²) < 4.78 is 23.1. The molecule has 1 aromatic carbocycles. The fourth-order valence-electron chi connectivity index (χ4n) is 5.07. The molecule has 0 amide bonds. The Morgan fingerprint density at radius 3 is 2.79 bits per heavy atom. The van der Waals surface area contributed by atoms with Gasteiger partial charge in [0, 0.05) is 37.3 Å². The van der Waals surface area contributed by atoms with Crippen molar-refractivity contribution in [3.63, 3.8) is 0 Å². The van der Waals surface area contributed by atoms with Gasteiger partial charge in [-0.05, 0) is 44.2 Å². The van der Waals surface area contributed by atoms with E-state index in [-0.39, 0.29) is 23.0 Å². The van der Waals surface area contributed by atoms with Crippen LogP contribution in [0.2, 0.25) is 0 Å². The number of hydrogen-bond donors (Lipinski definition) is 2. The van der Waals surface area contributed by atoms with E-state index < -0.39 is 22.8 Å². The van der Waals surface area contributed by atoms with Crippen molar-refractivity contribution >= 4 is 22.6 Å². The van der Waals surface area contributed by atoms with Crippen molar-refractivity contribution in [1.82, 2.24) is 4.57 Å². The standard InChI is InChI=1S/C21H24FN3O4/c1-11-17-13(19(26)14(20(27)28)8-25(17)12-3-4-12)7-15(22)18(11)24-9-16(23)21(10-24)5-2-6-29-21/h7-8,12,16H,2-6,9-10,23H2,1H3,(H,27,28)/t16-,21-/m1/s1. The molecule has 3 aliphatic rings. The summed E-state index contributed by atoms with van der Waals surface area (Å²) in [5.74, 6) is -1.82. The first-order valence-electron chi connectivity index (χ1n) is 10.1. The summed E-state index contributed by atoms with van der Waals surface area (Å²) in [6, 6.07) is 1.12. The number of carbonyl (C=O) groups is 1. The predicted molar refractivity (Wildman–Crippen MR) is 106 cm³/mol. The average molecular weight is 401 g/mol. The number of carboxylic acids is 1. The van der Waals surface area contributed by atoms with Gasteiger partial charge in [0.1, 0.15) is 17.0 Å². The summed E-state index contributed by atoms with van der Waals surface area (Å²) in [4.78, 5) is 26.2. The number of rotatable bonds is 3. The summed E-state index contributed by atoms with van der Waals surface area (Å²) in [6.07, 6.45) is 5.04. The first-order valence-corrected chi connectivity index (χ1v) is 10.1. The van der Waals surface area contributed by atoms with Crippen LogP contribution in [-0.4, -0.2) is 47.0 Å². The molecular formula is C21H24FN3O4. The van der Waals surface area contributed by atoms with Crippen molar-refractivity contribution in [3.05, 3.63) is 39.4 Å². The quantitative estimate of drug-likeness (QED) is 0.818. The SMILES string of the molecule is Cc1c(N2C[C@@H](N)[C@@]3(CCCO3)C2)c(F)cc2c(=O)c(C(=O)O)cn(C3CC3)c12. The highest BCUT2D eigenvalue weighted by Gasteiger charge is 2.49. The Hall–Kier alpha value is -2.45. The fourth-order valence-corrected chi connectivity index (χ4v) is 5.07. The van der Waals surface area contributed by atoms with Crippen molar-refractivity contribution < 1.29 is 19.0 Å². The third-order valence-electron chi connectivity index (χ3n) is 6.65. The van der Waals surface area contributed by atoms with Gasteiger partial charge < -0.3 is 25.0 Å². The van der Waals surface area contributed by atoms with Crippen LogP contribution >= 0.6 is 0 Å². The second-order valence-electron chi connectivity index (χ2n) is 8.55. The molecule has 0 bridgehead atoms. The van der Waals surface area contributed by atoms with E-state index >= 15 is 4.39 Å². The molecule has 7 nitrogen and oxygen atoms in total. The Bertz CT molecular complexity index is 1090. The van der Waals surface area contributed by atoms with E-state index in [1.807, 2.05) is 9.47 Å². The molecule has 2 saturated heterocycles. The lowest BCUT2D eigenvalue weighted by atomic mass is 9.95. The molecule has 1 aromatic heterocycles. The number of aromatic nitrogens is 1. The molecule has 1 saturated carbocycles. The number of halogens is 1. The molecule has 154 valence electrons. The van der Waals surface area contributed by atoms with Gasteiger partial charge in [-0.2, -0.15) is 0 Å². The minimum absolute atomic E-state index is 0.117. The van der Waals surface area contributed by atoms with Crippen LogP contribution in [0.1, 0.15) is 47.6 Å². The lowest BCUT2D eigenvalue weighted by Crippen LogP contribution is -2.46. The molecule has 3 heterocycles. The minimum atomic E-state index is -1.29. The van der Waals surface area contributed by atoms with Crippen LogP contribution in [0.3, 0.4) is 0 Å². The first kappa shape index (κ1) is 18.6. The van der Waals surface area contributed by atoms with Gasteiger partial charge in [-0.15, -0.1) is 0 Å². The molecular weight excluding hydrogens is 377 g/mol. The molecule has 2 atom stereocenters. The number of ether oxygens (including phenoxy) is 1. The summed E-state index contributed by atoms with van der Waals surface area (Å²) in [6.45, 7) is 3.45. The number of hydrogen-bond acceptors (Lipinski definition) is 5. The Morgan fingerprint density at radius 1 is 1.41 bits per heavy atom. The van der Waals surface area contributed by atoms with Crippen LogP contribution in [0.4, 0.5) is 10.1 Å². The maximum Gasteiger partial charge on any atom is 0.341 e. The van der Waals surface area contributed by atoms with Crippen LogP contribution in [0.15, 0.2) is 17.1 Å². The third kappa shape index (κ3) is 2.69. The van der Waals surface area contributed by atoms with E-state index in [2.05, 4.69) is 0 Å². The molecule has 2 aliphatic heterocycles. The summed E-state index contributed by atoms with van der Waals surface area (Å²) in [5.41, 5.74) is 6.64. The maximum absolute atomic E-state index is 15.3. The van der Waals surface area contributed by atoms with Crippen LogP contribution in [0, 0.1) is 12.7 Å². The molecule has 5 rings (SSSR count). The van der Waals surface area contributed by atoms with Crippen molar-refractivity contribution in [2.45, 2.75) is 50.3 Å². The van der Waals surface area contributed by atoms with Crippen LogP contribution in [0.25, 0.3) is 10.9 Å². The largest absolute Gasteiger partial charge is 0.477 e. The first-order chi connectivity index (χ1) is 13.8. The van der Waals surface area contributed by atoms with Crippen molar-refractivity contribution in [2.75, 3.05) is 24.6 Å². The number of fused-ring (bicyclic) bond motifs is 1. The molecule has 1 spiro atoms. The number of pyridine rings is 1. The summed E-state index contributed by atoms with van der Waals surface area (Å²) in [7, 11) is 0. The number of nitrogens with zero attached hydrogens (tertiary/aromatic N) is 2. The van der Waals surface area contributed by atoms with E-state index in [1.165, 1.54) is 12.3 Å². The highest BCUT2D eigenvalue weighted by Crippen LogP contribution is 2.42. The Labute approximate surface area is 166 Å². The second-order valence-corrected chi connectivity index (χ2v) is 8.55. The monoisotopic (exact) mass is 401 g/mol. The predicted octanol–water partition coefficient (Wildman–Crippen LogP) is 2.18. The molecule has 0 unspecified atom stereocenters. The Morgan fingerprint density at radius 2 is 2.17 bits per heavy atom. The van der Waals surface area contributed by atoms with Gasteiger partial charge in [0.05, 0.1) is 17.2 Å². The van der Waals surface area contributed by atoms with Crippen molar-refractivity contribution in [2.24, 2.45) is 5.73 Å².